The highest BCUT2D eigenvalue weighted by Gasteiger charge is 2.19. The first-order chi connectivity index (χ1) is 19.7. The third kappa shape index (κ3) is 5.85. The fourth-order valence-corrected chi connectivity index (χ4v) is 4.81. The summed E-state index contributed by atoms with van der Waals surface area (Å²) in [5.41, 5.74) is 5.88. The Morgan fingerprint density at radius 1 is 0.550 bits per heavy atom. The smallest absolute Gasteiger partial charge is 0.148 e. The third-order valence-corrected chi connectivity index (χ3v) is 7.10. The molecule has 0 aliphatic carbocycles. The lowest BCUT2D eigenvalue weighted by molar-refractivity contribution is 0.307. The van der Waals surface area contributed by atoms with Crippen LogP contribution in [0.4, 0.5) is 0 Å². The SMILES string of the molecule is Brc1ccc(-n2cc(-c3ccccc3OCc3ccccc3)nc2-c2ccccc2OCc2ccccc2)cc1. The summed E-state index contributed by atoms with van der Waals surface area (Å²) in [5, 5.41) is 0. The summed E-state index contributed by atoms with van der Waals surface area (Å²) in [7, 11) is 0. The quantitative estimate of drug-likeness (QED) is 0.169. The maximum atomic E-state index is 6.33. The molecular formula is C35H27BrN2O2. The molecule has 0 N–H and O–H groups in total. The summed E-state index contributed by atoms with van der Waals surface area (Å²) in [5.74, 6) is 2.35. The van der Waals surface area contributed by atoms with Crippen molar-refractivity contribution in [2.45, 2.75) is 13.2 Å². The molecule has 0 aliphatic rings. The summed E-state index contributed by atoms with van der Waals surface area (Å²) >= 11 is 3.56. The molecule has 6 rings (SSSR count). The van der Waals surface area contributed by atoms with E-state index in [1.807, 2.05) is 84.9 Å². The first-order valence-corrected chi connectivity index (χ1v) is 13.9. The van der Waals surface area contributed by atoms with Gasteiger partial charge in [-0.2, -0.15) is 0 Å². The number of para-hydroxylation sites is 2. The lowest BCUT2D eigenvalue weighted by atomic mass is 10.1. The summed E-state index contributed by atoms with van der Waals surface area (Å²) < 4.78 is 15.7. The number of halogens is 1. The number of nitrogens with zero attached hydrogens (tertiary/aromatic N) is 2. The normalized spacial score (nSPS) is 10.8. The Balaban J connectivity index is 1.40. The van der Waals surface area contributed by atoms with Crippen LogP contribution in [0.3, 0.4) is 0 Å². The number of benzene rings is 5. The summed E-state index contributed by atoms with van der Waals surface area (Å²) in [6.07, 6.45) is 2.07. The number of rotatable bonds is 9. The molecule has 0 amide bonds. The monoisotopic (exact) mass is 586 g/mol. The van der Waals surface area contributed by atoms with Crippen LogP contribution in [0.25, 0.3) is 28.3 Å². The van der Waals surface area contributed by atoms with E-state index in [4.69, 9.17) is 14.5 Å². The Kier molecular flexibility index (Phi) is 7.73. The number of hydrogen-bond acceptors (Lipinski definition) is 3. The van der Waals surface area contributed by atoms with Gasteiger partial charge in [0.1, 0.15) is 30.5 Å². The van der Waals surface area contributed by atoms with Crippen LogP contribution < -0.4 is 9.47 Å². The van der Waals surface area contributed by atoms with Crippen molar-refractivity contribution in [1.82, 2.24) is 9.55 Å². The third-order valence-electron chi connectivity index (χ3n) is 6.58. The molecule has 0 saturated heterocycles. The summed E-state index contributed by atoms with van der Waals surface area (Å²) in [4.78, 5) is 5.17. The minimum Gasteiger partial charge on any atom is -0.488 e. The topological polar surface area (TPSA) is 36.3 Å². The number of aromatic nitrogens is 2. The van der Waals surface area contributed by atoms with Crippen LogP contribution in [0.1, 0.15) is 11.1 Å². The minimum absolute atomic E-state index is 0.472. The molecule has 0 spiro atoms. The van der Waals surface area contributed by atoms with Gasteiger partial charge in [0.05, 0.1) is 11.3 Å². The van der Waals surface area contributed by atoms with Gasteiger partial charge in [0, 0.05) is 21.9 Å². The van der Waals surface area contributed by atoms with Gasteiger partial charge in [-0.25, -0.2) is 4.98 Å². The van der Waals surface area contributed by atoms with Gasteiger partial charge in [-0.15, -0.1) is 0 Å². The lowest BCUT2D eigenvalue weighted by Crippen LogP contribution is -2.00. The molecule has 40 heavy (non-hydrogen) atoms. The van der Waals surface area contributed by atoms with Gasteiger partial charge in [-0.05, 0) is 59.7 Å². The van der Waals surface area contributed by atoms with Gasteiger partial charge in [0.2, 0.25) is 0 Å². The lowest BCUT2D eigenvalue weighted by Gasteiger charge is -2.13. The van der Waals surface area contributed by atoms with Crippen LogP contribution in [0, 0.1) is 0 Å². The second-order valence-electron chi connectivity index (χ2n) is 9.34. The predicted molar refractivity (Wildman–Crippen MR) is 164 cm³/mol. The van der Waals surface area contributed by atoms with Gasteiger partial charge in [0.25, 0.3) is 0 Å². The molecule has 5 aromatic carbocycles. The molecule has 5 heteroatoms. The molecule has 0 radical (unpaired) electrons. The number of hydrogen-bond donors (Lipinski definition) is 0. The molecule has 0 bridgehead atoms. The van der Waals surface area contributed by atoms with Crippen LogP contribution in [0.5, 0.6) is 11.5 Å². The van der Waals surface area contributed by atoms with E-state index in [2.05, 4.69) is 75.2 Å². The van der Waals surface area contributed by atoms with E-state index in [0.29, 0.717) is 13.2 Å². The molecule has 0 atom stereocenters. The standard InChI is InChI=1S/C35H27BrN2O2/c36-28-19-21-29(22-20-28)38-23-32(30-15-7-9-17-33(30)39-24-26-11-3-1-4-12-26)37-35(38)31-16-8-10-18-34(31)40-25-27-13-5-2-6-14-27/h1-23H,24-25H2. The van der Waals surface area contributed by atoms with Crippen LogP contribution in [-0.4, -0.2) is 9.55 Å². The van der Waals surface area contributed by atoms with Crippen molar-refractivity contribution in [2.75, 3.05) is 0 Å². The van der Waals surface area contributed by atoms with Crippen LogP contribution in [-0.2, 0) is 13.2 Å². The highest BCUT2D eigenvalue weighted by atomic mass is 79.9. The molecule has 1 aromatic heterocycles. The molecule has 4 nitrogen and oxygen atoms in total. The molecule has 0 unspecified atom stereocenters. The fraction of sp³-hybridized carbons (Fsp3) is 0.0571. The van der Waals surface area contributed by atoms with Crippen molar-refractivity contribution < 1.29 is 9.47 Å². The predicted octanol–water partition coefficient (Wildman–Crippen LogP) is 9.13. The van der Waals surface area contributed by atoms with Crippen LogP contribution in [0.15, 0.2) is 144 Å². The van der Waals surface area contributed by atoms with E-state index in [1.165, 1.54) is 0 Å². The molecule has 6 aromatic rings. The molecule has 196 valence electrons. The fourth-order valence-electron chi connectivity index (χ4n) is 4.55. The second-order valence-corrected chi connectivity index (χ2v) is 10.3. The second kappa shape index (κ2) is 12.1. The molecule has 0 saturated carbocycles. The molecule has 0 aliphatic heterocycles. The van der Waals surface area contributed by atoms with E-state index in [9.17, 15) is 0 Å². The van der Waals surface area contributed by atoms with E-state index < -0.39 is 0 Å². The Bertz CT molecular complexity index is 1700. The summed E-state index contributed by atoms with van der Waals surface area (Å²) in [6, 6.07) is 44.7. The van der Waals surface area contributed by atoms with Gasteiger partial charge in [-0.3, -0.25) is 4.57 Å². The first kappa shape index (κ1) is 25.7. The van der Waals surface area contributed by atoms with E-state index >= 15 is 0 Å². The van der Waals surface area contributed by atoms with Gasteiger partial charge in [0.15, 0.2) is 0 Å². The van der Waals surface area contributed by atoms with Gasteiger partial charge in [-0.1, -0.05) is 101 Å². The summed E-state index contributed by atoms with van der Waals surface area (Å²) in [6.45, 7) is 0.953. The highest BCUT2D eigenvalue weighted by molar-refractivity contribution is 9.10. The van der Waals surface area contributed by atoms with Crippen molar-refractivity contribution in [2.24, 2.45) is 0 Å². The Morgan fingerprint density at radius 2 is 1.05 bits per heavy atom. The zero-order valence-electron chi connectivity index (χ0n) is 21.8. The Morgan fingerprint density at radius 3 is 1.65 bits per heavy atom. The molecule has 0 fully saturated rings. The minimum atomic E-state index is 0.472. The van der Waals surface area contributed by atoms with Crippen LogP contribution >= 0.6 is 15.9 Å². The van der Waals surface area contributed by atoms with E-state index in [0.717, 1.165) is 55.4 Å². The number of ether oxygens (including phenoxy) is 2. The molecular weight excluding hydrogens is 560 g/mol. The molecule has 1 heterocycles. The Labute approximate surface area is 242 Å². The van der Waals surface area contributed by atoms with E-state index in [1.54, 1.807) is 0 Å². The van der Waals surface area contributed by atoms with Gasteiger partial charge < -0.3 is 9.47 Å². The highest BCUT2D eigenvalue weighted by Crippen LogP contribution is 2.36. The Hall–Kier alpha value is -4.61. The largest absolute Gasteiger partial charge is 0.488 e. The van der Waals surface area contributed by atoms with Crippen molar-refractivity contribution >= 4 is 15.9 Å². The average molecular weight is 588 g/mol. The van der Waals surface area contributed by atoms with Crippen molar-refractivity contribution in [3.05, 3.63) is 155 Å². The van der Waals surface area contributed by atoms with Crippen molar-refractivity contribution in [3.63, 3.8) is 0 Å². The average Bonchev–Trinajstić information content (AvgIpc) is 3.46. The number of imidazole rings is 1. The maximum Gasteiger partial charge on any atom is 0.148 e. The zero-order chi connectivity index (χ0) is 27.1. The first-order valence-electron chi connectivity index (χ1n) is 13.1. The van der Waals surface area contributed by atoms with Crippen molar-refractivity contribution in [1.29, 1.82) is 0 Å². The maximum absolute atomic E-state index is 6.33. The van der Waals surface area contributed by atoms with Crippen molar-refractivity contribution in [3.8, 4) is 39.8 Å². The van der Waals surface area contributed by atoms with E-state index in [-0.39, 0.29) is 0 Å². The van der Waals surface area contributed by atoms with Crippen LogP contribution in [0.2, 0.25) is 0 Å². The van der Waals surface area contributed by atoms with Gasteiger partial charge >= 0.3 is 0 Å². The zero-order valence-corrected chi connectivity index (χ0v) is 23.4.